The normalized spacial score (nSPS) is 23.9. The number of aromatic amines is 1. The molecule has 1 saturated carbocycles. The summed E-state index contributed by atoms with van der Waals surface area (Å²) < 4.78 is 5.60. The Morgan fingerprint density at radius 1 is 1.53 bits per heavy atom. The zero-order valence-corrected chi connectivity index (χ0v) is 10.1. The molecule has 0 saturated heterocycles. The first kappa shape index (κ1) is 12.1. The number of hydrogen-bond acceptors (Lipinski definition) is 4. The summed E-state index contributed by atoms with van der Waals surface area (Å²) in [4.78, 5) is 18.0. The van der Waals surface area contributed by atoms with E-state index in [9.17, 15) is 4.79 Å². The largest absolute Gasteiger partial charge is 0.477 e. The van der Waals surface area contributed by atoms with Gasteiger partial charge in [-0.05, 0) is 38.1 Å². The summed E-state index contributed by atoms with van der Waals surface area (Å²) in [7, 11) is 0. The molecule has 0 aromatic carbocycles. The first-order valence-corrected chi connectivity index (χ1v) is 6.10. The zero-order chi connectivity index (χ0) is 12.3. The van der Waals surface area contributed by atoms with Crippen molar-refractivity contribution >= 4 is 0 Å². The molecule has 1 aliphatic carbocycles. The van der Waals surface area contributed by atoms with Crippen LogP contribution in [0.5, 0.6) is 5.88 Å². The maximum atomic E-state index is 11.2. The predicted octanol–water partition coefficient (Wildman–Crippen LogP) is 0.832. The van der Waals surface area contributed by atoms with Crippen molar-refractivity contribution in [1.82, 2.24) is 9.97 Å². The summed E-state index contributed by atoms with van der Waals surface area (Å²) in [6, 6.07) is 1.39. The number of rotatable bonds is 4. The quantitative estimate of drug-likeness (QED) is 0.812. The standard InChI is InChI=1S/C12H19N3O2/c1-8-14-11(16)5-12(15-8)17-7-10-4-2-3-9(10)6-13/h5,9-10H,2-4,6-7,13H2,1H3,(H,14,15,16). The summed E-state index contributed by atoms with van der Waals surface area (Å²) in [5, 5.41) is 0. The van der Waals surface area contributed by atoms with Crippen molar-refractivity contribution in [1.29, 1.82) is 0 Å². The van der Waals surface area contributed by atoms with Crippen LogP contribution in [0.2, 0.25) is 0 Å². The summed E-state index contributed by atoms with van der Waals surface area (Å²) >= 11 is 0. The van der Waals surface area contributed by atoms with Crippen LogP contribution in [-0.2, 0) is 0 Å². The molecule has 5 nitrogen and oxygen atoms in total. The molecule has 5 heteroatoms. The predicted molar refractivity (Wildman–Crippen MR) is 65.0 cm³/mol. The van der Waals surface area contributed by atoms with E-state index in [1.54, 1.807) is 6.92 Å². The molecule has 1 heterocycles. The summed E-state index contributed by atoms with van der Waals surface area (Å²) in [6.45, 7) is 3.07. The van der Waals surface area contributed by atoms with Crippen molar-refractivity contribution in [3.05, 3.63) is 22.2 Å². The van der Waals surface area contributed by atoms with Crippen LogP contribution >= 0.6 is 0 Å². The van der Waals surface area contributed by atoms with Crippen LogP contribution < -0.4 is 16.0 Å². The summed E-state index contributed by atoms with van der Waals surface area (Å²) in [5.74, 6) is 2.04. The molecule has 0 amide bonds. The SMILES string of the molecule is Cc1nc(OCC2CCCC2CN)cc(=O)[nH]1. The van der Waals surface area contributed by atoms with E-state index in [-0.39, 0.29) is 5.56 Å². The molecule has 1 aliphatic rings. The smallest absolute Gasteiger partial charge is 0.254 e. The minimum absolute atomic E-state index is 0.172. The monoisotopic (exact) mass is 237 g/mol. The molecule has 0 radical (unpaired) electrons. The van der Waals surface area contributed by atoms with Crippen molar-refractivity contribution in [2.75, 3.05) is 13.2 Å². The zero-order valence-electron chi connectivity index (χ0n) is 10.1. The molecule has 94 valence electrons. The lowest BCUT2D eigenvalue weighted by molar-refractivity contribution is 0.209. The van der Waals surface area contributed by atoms with Crippen molar-refractivity contribution in [3.8, 4) is 5.88 Å². The van der Waals surface area contributed by atoms with Crippen LogP contribution in [0.3, 0.4) is 0 Å². The van der Waals surface area contributed by atoms with Crippen molar-refractivity contribution in [2.45, 2.75) is 26.2 Å². The van der Waals surface area contributed by atoms with Crippen molar-refractivity contribution in [3.63, 3.8) is 0 Å². The second-order valence-electron chi connectivity index (χ2n) is 4.67. The van der Waals surface area contributed by atoms with E-state index in [4.69, 9.17) is 10.5 Å². The number of nitrogens with one attached hydrogen (secondary N) is 1. The number of ether oxygens (including phenoxy) is 1. The van der Waals surface area contributed by atoms with E-state index < -0.39 is 0 Å². The Bertz CT molecular complexity index is 430. The van der Waals surface area contributed by atoms with Crippen LogP contribution in [0.25, 0.3) is 0 Å². The third kappa shape index (κ3) is 3.06. The highest BCUT2D eigenvalue weighted by atomic mass is 16.5. The van der Waals surface area contributed by atoms with Gasteiger partial charge in [-0.3, -0.25) is 4.79 Å². The molecule has 2 unspecified atom stereocenters. The van der Waals surface area contributed by atoms with Gasteiger partial charge in [-0.2, -0.15) is 0 Å². The lowest BCUT2D eigenvalue weighted by atomic mass is 9.97. The average Bonchev–Trinajstić information content (AvgIpc) is 2.72. The van der Waals surface area contributed by atoms with Gasteiger partial charge in [0.25, 0.3) is 5.56 Å². The molecule has 3 N–H and O–H groups in total. The van der Waals surface area contributed by atoms with Gasteiger partial charge in [-0.1, -0.05) is 6.42 Å². The highest BCUT2D eigenvalue weighted by Crippen LogP contribution is 2.31. The Balaban J connectivity index is 1.95. The van der Waals surface area contributed by atoms with Gasteiger partial charge in [0, 0.05) is 0 Å². The van der Waals surface area contributed by atoms with E-state index in [0.29, 0.717) is 30.1 Å². The van der Waals surface area contributed by atoms with Crippen LogP contribution in [0.4, 0.5) is 0 Å². The second-order valence-corrected chi connectivity index (χ2v) is 4.67. The van der Waals surface area contributed by atoms with E-state index in [2.05, 4.69) is 9.97 Å². The summed E-state index contributed by atoms with van der Waals surface area (Å²) in [5.41, 5.74) is 5.54. The van der Waals surface area contributed by atoms with Crippen molar-refractivity contribution < 1.29 is 4.74 Å². The van der Waals surface area contributed by atoms with Crippen LogP contribution in [0, 0.1) is 18.8 Å². The molecule has 0 bridgehead atoms. The topological polar surface area (TPSA) is 81.0 Å². The van der Waals surface area contributed by atoms with Gasteiger partial charge in [0.05, 0.1) is 12.7 Å². The lowest BCUT2D eigenvalue weighted by Crippen LogP contribution is -2.24. The Hall–Kier alpha value is -1.36. The van der Waals surface area contributed by atoms with Gasteiger partial charge < -0.3 is 15.5 Å². The van der Waals surface area contributed by atoms with Gasteiger partial charge in [0.15, 0.2) is 0 Å². The van der Waals surface area contributed by atoms with Crippen LogP contribution in [0.15, 0.2) is 10.9 Å². The molecule has 0 aliphatic heterocycles. The van der Waals surface area contributed by atoms with E-state index in [1.807, 2.05) is 0 Å². The maximum absolute atomic E-state index is 11.2. The highest BCUT2D eigenvalue weighted by molar-refractivity contribution is 5.08. The molecule has 1 fully saturated rings. The molecule has 0 spiro atoms. The number of nitrogens with two attached hydrogens (primary N) is 1. The minimum atomic E-state index is -0.172. The Morgan fingerprint density at radius 3 is 3.00 bits per heavy atom. The molecule has 17 heavy (non-hydrogen) atoms. The Kier molecular flexibility index (Phi) is 3.78. The maximum Gasteiger partial charge on any atom is 0.254 e. The lowest BCUT2D eigenvalue weighted by Gasteiger charge is -2.17. The Morgan fingerprint density at radius 2 is 2.29 bits per heavy atom. The van der Waals surface area contributed by atoms with E-state index >= 15 is 0 Å². The van der Waals surface area contributed by atoms with Crippen LogP contribution in [0.1, 0.15) is 25.1 Å². The minimum Gasteiger partial charge on any atom is -0.477 e. The highest BCUT2D eigenvalue weighted by Gasteiger charge is 2.26. The van der Waals surface area contributed by atoms with E-state index in [1.165, 1.54) is 18.9 Å². The molecule has 1 aromatic rings. The fourth-order valence-corrected chi connectivity index (χ4v) is 2.46. The first-order valence-electron chi connectivity index (χ1n) is 6.10. The first-order chi connectivity index (χ1) is 8.19. The van der Waals surface area contributed by atoms with Crippen molar-refractivity contribution in [2.24, 2.45) is 17.6 Å². The fourth-order valence-electron chi connectivity index (χ4n) is 2.46. The van der Waals surface area contributed by atoms with Gasteiger partial charge in [-0.25, -0.2) is 4.98 Å². The average molecular weight is 237 g/mol. The van der Waals surface area contributed by atoms with Gasteiger partial charge in [0.2, 0.25) is 5.88 Å². The number of H-pyrrole nitrogens is 1. The van der Waals surface area contributed by atoms with Crippen LogP contribution in [-0.4, -0.2) is 23.1 Å². The number of nitrogens with zero attached hydrogens (tertiary/aromatic N) is 1. The number of aryl methyl sites for hydroxylation is 1. The molecule has 2 rings (SSSR count). The molecular formula is C12H19N3O2. The molecule has 1 aromatic heterocycles. The number of aromatic nitrogens is 2. The molecule has 2 atom stereocenters. The second kappa shape index (κ2) is 5.31. The number of hydrogen-bond donors (Lipinski definition) is 2. The third-order valence-electron chi connectivity index (χ3n) is 3.40. The third-order valence-corrected chi connectivity index (χ3v) is 3.40. The summed E-state index contributed by atoms with van der Waals surface area (Å²) in [6.07, 6.45) is 3.56. The fraction of sp³-hybridized carbons (Fsp3) is 0.667. The Labute approximate surface area is 100 Å². The van der Waals surface area contributed by atoms with Gasteiger partial charge >= 0.3 is 0 Å². The molecular weight excluding hydrogens is 218 g/mol. The van der Waals surface area contributed by atoms with Gasteiger partial charge in [-0.15, -0.1) is 0 Å². The van der Waals surface area contributed by atoms with Gasteiger partial charge in [0.1, 0.15) is 5.82 Å². The van der Waals surface area contributed by atoms with E-state index in [0.717, 1.165) is 13.0 Å².